The van der Waals surface area contributed by atoms with E-state index in [1.54, 1.807) is 31.2 Å². The maximum Gasteiger partial charge on any atom is 0.417 e. The van der Waals surface area contributed by atoms with Crippen LogP contribution >= 0.6 is 11.6 Å². The number of carbonyl (C=O) groups excluding carboxylic acids is 1. The number of piperazine rings is 1. The molecule has 0 saturated carbocycles. The molecule has 1 aromatic carbocycles. The van der Waals surface area contributed by atoms with Crippen LogP contribution < -0.4 is 10.2 Å². The molecule has 2 aromatic rings. The number of amides is 1. The largest absolute Gasteiger partial charge is 0.417 e. The third-order valence-corrected chi connectivity index (χ3v) is 5.25. The van der Waals surface area contributed by atoms with Crippen LogP contribution in [0.5, 0.6) is 0 Å². The Balaban J connectivity index is 1.58. The van der Waals surface area contributed by atoms with Gasteiger partial charge in [-0.1, -0.05) is 11.6 Å². The van der Waals surface area contributed by atoms with E-state index in [4.69, 9.17) is 16.9 Å². The number of benzene rings is 1. The van der Waals surface area contributed by atoms with Gasteiger partial charge < -0.3 is 10.2 Å². The van der Waals surface area contributed by atoms with Crippen molar-refractivity contribution in [3.63, 3.8) is 0 Å². The fourth-order valence-corrected chi connectivity index (χ4v) is 3.47. The van der Waals surface area contributed by atoms with Crippen molar-refractivity contribution in [2.24, 2.45) is 0 Å². The van der Waals surface area contributed by atoms with Gasteiger partial charge in [-0.3, -0.25) is 9.69 Å². The summed E-state index contributed by atoms with van der Waals surface area (Å²) < 4.78 is 38.3. The van der Waals surface area contributed by atoms with Crippen LogP contribution in [0.2, 0.25) is 5.02 Å². The lowest BCUT2D eigenvalue weighted by Gasteiger charge is -2.38. The zero-order chi connectivity index (χ0) is 21.9. The molecule has 10 heteroatoms. The highest BCUT2D eigenvalue weighted by Gasteiger charge is 2.33. The van der Waals surface area contributed by atoms with Crippen molar-refractivity contribution in [2.75, 3.05) is 36.4 Å². The summed E-state index contributed by atoms with van der Waals surface area (Å²) in [6.45, 7) is 3.80. The van der Waals surface area contributed by atoms with Crippen LogP contribution in [0.15, 0.2) is 36.5 Å². The Morgan fingerprint density at radius 1 is 1.23 bits per heavy atom. The smallest absolute Gasteiger partial charge is 0.353 e. The van der Waals surface area contributed by atoms with Crippen molar-refractivity contribution >= 4 is 29.0 Å². The number of nitrogens with zero attached hydrogens (tertiary/aromatic N) is 4. The SMILES string of the molecule is CC(C(=O)Nc1ccc(C#N)cc1)N1CCN(c2ncc(C(F)(F)F)cc2Cl)CC1. The number of carbonyl (C=O) groups is 1. The van der Waals surface area contributed by atoms with Gasteiger partial charge in [0.15, 0.2) is 0 Å². The lowest BCUT2D eigenvalue weighted by Crippen LogP contribution is -2.53. The zero-order valence-corrected chi connectivity index (χ0v) is 16.8. The summed E-state index contributed by atoms with van der Waals surface area (Å²) in [6, 6.07) is 9.07. The molecule has 3 rings (SSSR count). The minimum Gasteiger partial charge on any atom is -0.353 e. The van der Waals surface area contributed by atoms with Gasteiger partial charge in [-0.15, -0.1) is 0 Å². The first-order chi connectivity index (χ1) is 14.2. The first-order valence-electron chi connectivity index (χ1n) is 9.22. The van der Waals surface area contributed by atoms with E-state index in [0.717, 1.165) is 12.3 Å². The molecule has 6 nitrogen and oxygen atoms in total. The third-order valence-electron chi connectivity index (χ3n) is 4.97. The molecule has 158 valence electrons. The first-order valence-corrected chi connectivity index (χ1v) is 9.59. The molecule has 1 N–H and O–H groups in total. The van der Waals surface area contributed by atoms with Gasteiger partial charge >= 0.3 is 6.18 Å². The fraction of sp³-hybridized carbons (Fsp3) is 0.350. The molecule has 0 bridgehead atoms. The number of nitrogens with one attached hydrogen (secondary N) is 1. The topological polar surface area (TPSA) is 72.3 Å². The van der Waals surface area contributed by atoms with E-state index in [1.807, 2.05) is 15.9 Å². The van der Waals surface area contributed by atoms with Crippen molar-refractivity contribution < 1.29 is 18.0 Å². The molecule has 1 saturated heterocycles. The summed E-state index contributed by atoms with van der Waals surface area (Å²) in [7, 11) is 0. The minimum atomic E-state index is -4.49. The number of hydrogen-bond donors (Lipinski definition) is 1. The summed E-state index contributed by atoms with van der Waals surface area (Å²) in [5.74, 6) is 0.123. The summed E-state index contributed by atoms with van der Waals surface area (Å²) in [6.07, 6.45) is -3.72. The number of halogens is 4. The monoisotopic (exact) mass is 437 g/mol. The summed E-state index contributed by atoms with van der Waals surface area (Å²) in [5.41, 5.74) is 0.223. The second-order valence-electron chi connectivity index (χ2n) is 6.90. The third kappa shape index (κ3) is 5.01. The summed E-state index contributed by atoms with van der Waals surface area (Å²) in [4.78, 5) is 20.2. The van der Waals surface area contributed by atoms with E-state index in [-0.39, 0.29) is 10.9 Å². The highest BCUT2D eigenvalue weighted by Crippen LogP contribution is 2.33. The van der Waals surface area contributed by atoms with Gasteiger partial charge in [0.25, 0.3) is 0 Å². The molecule has 1 amide bonds. The Morgan fingerprint density at radius 2 is 1.87 bits per heavy atom. The molecule has 1 aromatic heterocycles. The Hall–Kier alpha value is -2.83. The average Bonchev–Trinajstić information content (AvgIpc) is 2.73. The van der Waals surface area contributed by atoms with Crippen LogP contribution in [0.1, 0.15) is 18.1 Å². The Labute approximate surface area is 176 Å². The quantitative estimate of drug-likeness (QED) is 0.788. The molecule has 0 aliphatic carbocycles. The van der Waals surface area contributed by atoms with Gasteiger partial charge in [0.2, 0.25) is 5.91 Å². The molecular formula is C20H19ClF3N5O. The van der Waals surface area contributed by atoms with Crippen LogP contribution in [0.3, 0.4) is 0 Å². The van der Waals surface area contributed by atoms with Crippen LogP contribution in [-0.2, 0) is 11.0 Å². The molecule has 1 fully saturated rings. The van der Waals surface area contributed by atoms with Crippen molar-refractivity contribution in [1.82, 2.24) is 9.88 Å². The number of hydrogen-bond acceptors (Lipinski definition) is 5. The molecule has 0 radical (unpaired) electrons. The van der Waals surface area contributed by atoms with Gasteiger partial charge in [0.1, 0.15) is 5.82 Å². The summed E-state index contributed by atoms with van der Waals surface area (Å²) in [5, 5.41) is 11.6. The molecule has 1 atom stereocenters. The lowest BCUT2D eigenvalue weighted by molar-refractivity contribution is -0.137. The van der Waals surface area contributed by atoms with Gasteiger partial charge in [-0.25, -0.2) is 4.98 Å². The number of rotatable bonds is 4. The number of anilines is 2. The Kier molecular flexibility index (Phi) is 6.48. The van der Waals surface area contributed by atoms with Gasteiger partial charge in [-0.2, -0.15) is 18.4 Å². The molecule has 1 aliphatic heterocycles. The molecule has 1 aliphatic rings. The first kappa shape index (κ1) is 21.9. The molecule has 0 spiro atoms. The minimum absolute atomic E-state index is 0.0510. The number of aromatic nitrogens is 1. The predicted molar refractivity (Wildman–Crippen MR) is 107 cm³/mol. The Bertz CT molecular complexity index is 950. The number of pyridine rings is 1. The average molecular weight is 438 g/mol. The van der Waals surface area contributed by atoms with Crippen molar-refractivity contribution in [3.8, 4) is 6.07 Å². The normalized spacial score (nSPS) is 16.1. The zero-order valence-electron chi connectivity index (χ0n) is 16.1. The highest BCUT2D eigenvalue weighted by molar-refractivity contribution is 6.33. The van der Waals surface area contributed by atoms with Crippen molar-refractivity contribution in [3.05, 3.63) is 52.7 Å². The molecule has 1 unspecified atom stereocenters. The summed E-state index contributed by atoms with van der Waals surface area (Å²) >= 11 is 6.03. The second kappa shape index (κ2) is 8.90. The van der Waals surface area contributed by atoms with Gasteiger partial charge in [0, 0.05) is 38.1 Å². The highest BCUT2D eigenvalue weighted by atomic mass is 35.5. The van der Waals surface area contributed by atoms with E-state index >= 15 is 0 Å². The number of alkyl halides is 3. The maximum absolute atomic E-state index is 12.8. The van der Waals surface area contributed by atoms with E-state index in [2.05, 4.69) is 10.3 Å². The Morgan fingerprint density at radius 3 is 2.40 bits per heavy atom. The van der Waals surface area contributed by atoms with Crippen LogP contribution in [0, 0.1) is 11.3 Å². The van der Waals surface area contributed by atoms with E-state index in [0.29, 0.717) is 43.2 Å². The van der Waals surface area contributed by atoms with E-state index in [1.165, 1.54) is 0 Å². The maximum atomic E-state index is 12.8. The lowest BCUT2D eigenvalue weighted by atomic mass is 10.2. The van der Waals surface area contributed by atoms with Crippen molar-refractivity contribution in [1.29, 1.82) is 5.26 Å². The van der Waals surface area contributed by atoms with Crippen LogP contribution in [-0.4, -0.2) is 48.0 Å². The molecular weight excluding hydrogens is 419 g/mol. The number of nitriles is 1. The van der Waals surface area contributed by atoms with Crippen LogP contribution in [0.4, 0.5) is 24.7 Å². The van der Waals surface area contributed by atoms with E-state index < -0.39 is 17.8 Å². The van der Waals surface area contributed by atoms with Crippen molar-refractivity contribution in [2.45, 2.75) is 19.1 Å². The fourth-order valence-electron chi connectivity index (χ4n) is 3.18. The molecule has 30 heavy (non-hydrogen) atoms. The van der Waals surface area contributed by atoms with Crippen LogP contribution in [0.25, 0.3) is 0 Å². The van der Waals surface area contributed by atoms with Gasteiger partial charge in [0.05, 0.1) is 28.3 Å². The second-order valence-corrected chi connectivity index (χ2v) is 7.31. The van der Waals surface area contributed by atoms with E-state index in [9.17, 15) is 18.0 Å². The standard InChI is InChI=1S/C20H19ClF3N5O/c1-13(19(30)27-16-4-2-14(11-25)3-5-16)28-6-8-29(9-7-28)18-17(21)10-15(12-26-18)20(22,23)24/h2-5,10,12-13H,6-9H2,1H3,(H,27,30). The molecule has 2 heterocycles. The van der Waals surface area contributed by atoms with Gasteiger partial charge in [-0.05, 0) is 37.3 Å². The predicted octanol–water partition coefficient (Wildman–Crippen LogP) is 3.77.